The highest BCUT2D eigenvalue weighted by atomic mass is 127. The van der Waals surface area contributed by atoms with Gasteiger partial charge in [-0.3, -0.25) is 4.99 Å². The van der Waals surface area contributed by atoms with Crippen LogP contribution in [0, 0.1) is 0 Å². The molecule has 2 N–H and O–H groups in total. The number of nitrogens with one attached hydrogen (secondary N) is 2. The largest absolute Gasteiger partial charge is 0.356 e. The van der Waals surface area contributed by atoms with Gasteiger partial charge in [-0.15, -0.1) is 35.3 Å². The highest BCUT2D eigenvalue weighted by Gasteiger charge is 2.22. The monoisotopic (exact) mass is 496 g/mol. The first-order chi connectivity index (χ1) is 11.4. The van der Waals surface area contributed by atoms with Crippen molar-refractivity contribution in [3.8, 4) is 0 Å². The number of aromatic nitrogens is 1. The summed E-state index contributed by atoms with van der Waals surface area (Å²) in [7, 11) is 1.85. The average molecular weight is 497 g/mol. The van der Waals surface area contributed by atoms with Gasteiger partial charge in [0, 0.05) is 42.1 Å². The fraction of sp³-hybridized carbons (Fsp3) is 0.778. The van der Waals surface area contributed by atoms with Gasteiger partial charge in [-0.2, -0.15) is 11.8 Å². The molecule has 2 unspecified atom stereocenters. The van der Waals surface area contributed by atoms with Gasteiger partial charge in [0.25, 0.3) is 0 Å². The molecule has 0 aliphatic heterocycles. The fourth-order valence-electron chi connectivity index (χ4n) is 2.94. The molecule has 0 bridgehead atoms. The topological polar surface area (TPSA) is 49.3 Å². The summed E-state index contributed by atoms with van der Waals surface area (Å²) in [4.78, 5) is 9.14. The number of rotatable bonds is 5. The molecule has 1 heterocycles. The second-order valence-corrected chi connectivity index (χ2v) is 9.57. The van der Waals surface area contributed by atoms with E-state index in [0.717, 1.165) is 24.2 Å². The summed E-state index contributed by atoms with van der Waals surface area (Å²) in [5.74, 6) is 0.925. The van der Waals surface area contributed by atoms with Crippen molar-refractivity contribution in [3.05, 3.63) is 16.1 Å². The number of thioether (sulfide) groups is 1. The van der Waals surface area contributed by atoms with E-state index in [1.54, 1.807) is 11.3 Å². The minimum atomic E-state index is 0. The van der Waals surface area contributed by atoms with Crippen LogP contribution in [-0.2, 0) is 11.8 Å². The van der Waals surface area contributed by atoms with Crippen molar-refractivity contribution in [2.45, 2.75) is 69.6 Å². The standard InChI is InChI=1S/C18H32N4S2.HI/c1-18(2,3)15-12-24-16(22-15)9-10-20-17(19-4)21-13-7-6-8-14(11-13)23-5;/h12-14H,6-11H2,1-5H3,(H2,19,20,21);1H. The molecule has 0 radical (unpaired) electrons. The van der Waals surface area contributed by atoms with Crippen molar-refractivity contribution in [1.29, 1.82) is 0 Å². The van der Waals surface area contributed by atoms with Crippen LogP contribution in [-0.4, -0.2) is 42.1 Å². The molecule has 144 valence electrons. The lowest BCUT2D eigenvalue weighted by Gasteiger charge is -2.29. The van der Waals surface area contributed by atoms with E-state index in [9.17, 15) is 0 Å². The highest BCUT2D eigenvalue weighted by Crippen LogP contribution is 2.27. The molecule has 2 atom stereocenters. The Labute approximate surface area is 178 Å². The zero-order chi connectivity index (χ0) is 17.6. The van der Waals surface area contributed by atoms with Crippen molar-refractivity contribution in [1.82, 2.24) is 15.6 Å². The molecule has 2 rings (SSSR count). The first kappa shape index (κ1) is 23.0. The molecular weight excluding hydrogens is 463 g/mol. The van der Waals surface area contributed by atoms with Gasteiger partial charge in [0.1, 0.15) is 0 Å². The van der Waals surface area contributed by atoms with Crippen LogP contribution >= 0.6 is 47.1 Å². The van der Waals surface area contributed by atoms with Crippen LogP contribution in [0.5, 0.6) is 0 Å². The number of hydrogen-bond donors (Lipinski definition) is 2. The molecule has 0 spiro atoms. The van der Waals surface area contributed by atoms with Crippen LogP contribution in [0.4, 0.5) is 0 Å². The van der Waals surface area contributed by atoms with Crippen molar-refractivity contribution in [3.63, 3.8) is 0 Å². The predicted molar refractivity (Wildman–Crippen MR) is 124 cm³/mol. The summed E-state index contributed by atoms with van der Waals surface area (Å²) >= 11 is 3.76. The zero-order valence-corrected chi connectivity index (χ0v) is 20.1. The van der Waals surface area contributed by atoms with E-state index >= 15 is 0 Å². The third kappa shape index (κ3) is 7.62. The third-order valence-electron chi connectivity index (χ3n) is 4.48. The second kappa shape index (κ2) is 11.0. The Morgan fingerprint density at radius 2 is 2.16 bits per heavy atom. The molecule has 0 amide bonds. The summed E-state index contributed by atoms with van der Waals surface area (Å²) in [6.45, 7) is 7.50. The van der Waals surface area contributed by atoms with E-state index in [-0.39, 0.29) is 29.4 Å². The highest BCUT2D eigenvalue weighted by molar-refractivity contribution is 14.0. The molecule has 0 saturated heterocycles. The van der Waals surface area contributed by atoms with Gasteiger partial charge in [0.05, 0.1) is 10.7 Å². The number of halogens is 1. The van der Waals surface area contributed by atoms with Gasteiger partial charge in [0.2, 0.25) is 0 Å². The molecule has 1 aliphatic carbocycles. The molecule has 1 aromatic rings. The Hall–Kier alpha value is -0.0200. The molecule has 7 heteroatoms. The Kier molecular flexibility index (Phi) is 10.1. The summed E-state index contributed by atoms with van der Waals surface area (Å²) in [6.07, 6.45) is 8.32. The minimum Gasteiger partial charge on any atom is -0.356 e. The Morgan fingerprint density at radius 1 is 1.40 bits per heavy atom. The Morgan fingerprint density at radius 3 is 2.76 bits per heavy atom. The fourth-order valence-corrected chi connectivity index (χ4v) is 4.79. The van der Waals surface area contributed by atoms with Gasteiger partial charge < -0.3 is 10.6 Å². The number of aliphatic imine (C=N–C) groups is 1. The maximum absolute atomic E-state index is 4.76. The SMILES string of the molecule is CN=C(NCCc1nc(C(C)(C)C)cs1)NC1CCCC(SC)C1.I. The first-order valence-corrected chi connectivity index (χ1v) is 11.0. The van der Waals surface area contributed by atoms with Crippen LogP contribution in [0.3, 0.4) is 0 Å². The molecule has 1 aromatic heterocycles. The summed E-state index contributed by atoms with van der Waals surface area (Å²) in [5.41, 5.74) is 1.32. The van der Waals surface area contributed by atoms with E-state index in [0.29, 0.717) is 6.04 Å². The number of hydrogen-bond acceptors (Lipinski definition) is 4. The molecule has 1 saturated carbocycles. The van der Waals surface area contributed by atoms with E-state index in [2.05, 4.69) is 48.0 Å². The molecule has 1 fully saturated rings. The smallest absolute Gasteiger partial charge is 0.191 e. The molecule has 4 nitrogen and oxygen atoms in total. The van der Waals surface area contributed by atoms with Gasteiger partial charge in [0.15, 0.2) is 5.96 Å². The van der Waals surface area contributed by atoms with Gasteiger partial charge in [-0.25, -0.2) is 4.98 Å². The third-order valence-corrected chi connectivity index (χ3v) is 6.48. The van der Waals surface area contributed by atoms with Crippen molar-refractivity contribution >= 4 is 53.0 Å². The molecule has 1 aliphatic rings. The lowest BCUT2D eigenvalue weighted by atomic mass is 9.93. The molecular formula is C18H33IN4S2. The number of thiazole rings is 1. The van der Waals surface area contributed by atoms with Gasteiger partial charge in [-0.05, 0) is 25.5 Å². The summed E-state index contributed by atoms with van der Waals surface area (Å²) < 4.78 is 0. The van der Waals surface area contributed by atoms with Crippen molar-refractivity contribution in [2.24, 2.45) is 4.99 Å². The molecule has 0 aromatic carbocycles. The summed E-state index contributed by atoms with van der Waals surface area (Å²) in [5, 5.41) is 11.2. The van der Waals surface area contributed by atoms with Gasteiger partial charge >= 0.3 is 0 Å². The quantitative estimate of drug-likeness (QED) is 0.360. The van der Waals surface area contributed by atoms with E-state index < -0.39 is 0 Å². The van der Waals surface area contributed by atoms with Gasteiger partial charge in [-0.1, -0.05) is 27.2 Å². The van der Waals surface area contributed by atoms with Crippen LogP contribution in [0.2, 0.25) is 0 Å². The van der Waals surface area contributed by atoms with Crippen molar-refractivity contribution in [2.75, 3.05) is 19.8 Å². The lowest BCUT2D eigenvalue weighted by Crippen LogP contribution is -2.46. The second-order valence-electron chi connectivity index (χ2n) is 7.49. The number of guanidine groups is 1. The maximum Gasteiger partial charge on any atom is 0.191 e. The van der Waals surface area contributed by atoms with E-state index in [4.69, 9.17) is 4.98 Å². The van der Waals surface area contributed by atoms with Crippen LogP contribution < -0.4 is 10.6 Å². The normalized spacial score (nSPS) is 21.6. The summed E-state index contributed by atoms with van der Waals surface area (Å²) in [6, 6.07) is 0.551. The first-order valence-electron chi connectivity index (χ1n) is 8.87. The minimum absolute atomic E-state index is 0. The zero-order valence-electron chi connectivity index (χ0n) is 16.1. The maximum atomic E-state index is 4.76. The molecule has 25 heavy (non-hydrogen) atoms. The van der Waals surface area contributed by atoms with Crippen LogP contribution in [0.1, 0.15) is 57.2 Å². The lowest BCUT2D eigenvalue weighted by molar-refractivity contribution is 0.419. The number of nitrogens with zero attached hydrogens (tertiary/aromatic N) is 2. The Bertz CT molecular complexity index is 539. The van der Waals surface area contributed by atoms with E-state index in [1.165, 1.54) is 36.4 Å². The Balaban J connectivity index is 0.00000312. The van der Waals surface area contributed by atoms with E-state index in [1.807, 2.05) is 18.8 Å². The predicted octanol–water partition coefficient (Wildman–Crippen LogP) is 4.44. The van der Waals surface area contributed by atoms with Crippen LogP contribution in [0.25, 0.3) is 0 Å². The average Bonchev–Trinajstić information content (AvgIpc) is 3.03. The van der Waals surface area contributed by atoms with Crippen molar-refractivity contribution < 1.29 is 0 Å². The van der Waals surface area contributed by atoms with Crippen LogP contribution in [0.15, 0.2) is 10.4 Å².